The SMILES string of the molecule is COc1cc(CCN2CCN(c3ccccc3)CC2)cc(OC)c1OC. The Kier molecular flexibility index (Phi) is 6.23. The van der Waals surface area contributed by atoms with Crippen molar-refractivity contribution in [3.05, 3.63) is 48.0 Å². The zero-order valence-electron chi connectivity index (χ0n) is 15.9. The fourth-order valence-corrected chi connectivity index (χ4v) is 3.44. The van der Waals surface area contributed by atoms with Crippen molar-refractivity contribution in [1.29, 1.82) is 0 Å². The van der Waals surface area contributed by atoms with Gasteiger partial charge in [0.25, 0.3) is 0 Å². The molecule has 0 radical (unpaired) electrons. The highest BCUT2D eigenvalue weighted by molar-refractivity contribution is 5.54. The van der Waals surface area contributed by atoms with Crippen LogP contribution in [0.3, 0.4) is 0 Å². The Morgan fingerprint density at radius 1 is 0.808 bits per heavy atom. The molecule has 26 heavy (non-hydrogen) atoms. The molecular formula is C21H28N2O3. The van der Waals surface area contributed by atoms with E-state index in [2.05, 4.69) is 40.1 Å². The van der Waals surface area contributed by atoms with Gasteiger partial charge in [-0.25, -0.2) is 0 Å². The maximum absolute atomic E-state index is 5.45. The maximum Gasteiger partial charge on any atom is 0.203 e. The quantitative estimate of drug-likeness (QED) is 0.762. The summed E-state index contributed by atoms with van der Waals surface area (Å²) in [5.74, 6) is 2.08. The van der Waals surface area contributed by atoms with E-state index in [9.17, 15) is 0 Å². The van der Waals surface area contributed by atoms with Crippen LogP contribution in [-0.2, 0) is 6.42 Å². The summed E-state index contributed by atoms with van der Waals surface area (Å²) in [4.78, 5) is 4.97. The van der Waals surface area contributed by atoms with Crippen molar-refractivity contribution in [1.82, 2.24) is 4.90 Å². The lowest BCUT2D eigenvalue weighted by Crippen LogP contribution is -2.46. The molecule has 2 aromatic rings. The molecule has 1 aliphatic rings. The third kappa shape index (κ3) is 4.22. The largest absolute Gasteiger partial charge is 0.493 e. The average molecular weight is 356 g/mol. The van der Waals surface area contributed by atoms with E-state index in [1.807, 2.05) is 12.1 Å². The molecule has 5 nitrogen and oxygen atoms in total. The Bertz CT molecular complexity index is 673. The molecule has 0 unspecified atom stereocenters. The van der Waals surface area contributed by atoms with Crippen LogP contribution in [0.5, 0.6) is 17.2 Å². The van der Waals surface area contributed by atoms with E-state index in [0.717, 1.165) is 50.6 Å². The zero-order valence-corrected chi connectivity index (χ0v) is 15.9. The predicted octanol–water partition coefficient (Wildman–Crippen LogP) is 3.08. The van der Waals surface area contributed by atoms with Crippen LogP contribution < -0.4 is 19.1 Å². The van der Waals surface area contributed by atoms with Gasteiger partial charge >= 0.3 is 0 Å². The van der Waals surface area contributed by atoms with Crippen LogP contribution >= 0.6 is 0 Å². The highest BCUT2D eigenvalue weighted by Gasteiger charge is 2.18. The van der Waals surface area contributed by atoms with Gasteiger partial charge in [0.05, 0.1) is 21.3 Å². The summed E-state index contributed by atoms with van der Waals surface area (Å²) in [6.45, 7) is 5.33. The van der Waals surface area contributed by atoms with Crippen molar-refractivity contribution in [2.45, 2.75) is 6.42 Å². The van der Waals surface area contributed by atoms with E-state index < -0.39 is 0 Å². The number of hydrogen-bond acceptors (Lipinski definition) is 5. The first kappa shape index (κ1) is 18.4. The van der Waals surface area contributed by atoms with E-state index in [-0.39, 0.29) is 0 Å². The minimum absolute atomic E-state index is 0.648. The molecular weight excluding hydrogens is 328 g/mol. The number of anilines is 1. The third-order valence-corrected chi connectivity index (χ3v) is 4.93. The molecule has 0 aliphatic carbocycles. The lowest BCUT2D eigenvalue weighted by molar-refractivity contribution is 0.260. The zero-order chi connectivity index (χ0) is 18.4. The number of hydrogen-bond donors (Lipinski definition) is 0. The Morgan fingerprint density at radius 3 is 1.96 bits per heavy atom. The molecule has 0 N–H and O–H groups in total. The summed E-state index contributed by atoms with van der Waals surface area (Å²) >= 11 is 0. The van der Waals surface area contributed by atoms with Gasteiger partial charge < -0.3 is 19.1 Å². The van der Waals surface area contributed by atoms with E-state index in [0.29, 0.717) is 5.75 Å². The minimum atomic E-state index is 0.648. The monoisotopic (exact) mass is 356 g/mol. The number of para-hydroxylation sites is 1. The Hall–Kier alpha value is -2.40. The summed E-state index contributed by atoms with van der Waals surface area (Å²) in [6.07, 6.45) is 0.960. The number of nitrogens with zero attached hydrogens (tertiary/aromatic N) is 2. The number of ether oxygens (including phenoxy) is 3. The molecule has 1 aliphatic heterocycles. The first-order chi connectivity index (χ1) is 12.7. The van der Waals surface area contributed by atoms with Crippen molar-refractivity contribution in [2.24, 2.45) is 0 Å². The van der Waals surface area contributed by atoms with Crippen LogP contribution in [0, 0.1) is 0 Å². The number of benzene rings is 2. The molecule has 1 fully saturated rings. The first-order valence-corrected chi connectivity index (χ1v) is 9.06. The van der Waals surface area contributed by atoms with Crippen molar-refractivity contribution in [3.63, 3.8) is 0 Å². The molecule has 0 amide bonds. The summed E-state index contributed by atoms with van der Waals surface area (Å²) < 4.78 is 16.3. The van der Waals surface area contributed by atoms with E-state index in [4.69, 9.17) is 14.2 Å². The summed E-state index contributed by atoms with van der Waals surface area (Å²) in [7, 11) is 4.94. The van der Waals surface area contributed by atoms with Crippen LogP contribution in [0.25, 0.3) is 0 Å². The normalized spacial score (nSPS) is 15.0. The fourth-order valence-electron chi connectivity index (χ4n) is 3.44. The molecule has 1 saturated heterocycles. The van der Waals surface area contributed by atoms with Crippen LogP contribution in [0.2, 0.25) is 0 Å². The van der Waals surface area contributed by atoms with Crippen LogP contribution in [0.15, 0.2) is 42.5 Å². The maximum atomic E-state index is 5.45. The van der Waals surface area contributed by atoms with Crippen molar-refractivity contribution >= 4 is 5.69 Å². The van der Waals surface area contributed by atoms with Crippen molar-refractivity contribution in [3.8, 4) is 17.2 Å². The van der Waals surface area contributed by atoms with Crippen molar-refractivity contribution < 1.29 is 14.2 Å². The molecule has 2 aromatic carbocycles. The second-order valence-corrected chi connectivity index (χ2v) is 6.45. The minimum Gasteiger partial charge on any atom is -0.493 e. The third-order valence-electron chi connectivity index (χ3n) is 4.93. The molecule has 0 atom stereocenters. The Morgan fingerprint density at radius 2 is 1.42 bits per heavy atom. The Balaban J connectivity index is 1.57. The van der Waals surface area contributed by atoms with Gasteiger partial charge in [-0.3, -0.25) is 4.90 Å². The van der Waals surface area contributed by atoms with E-state index in [1.54, 1.807) is 21.3 Å². The van der Waals surface area contributed by atoms with E-state index >= 15 is 0 Å². The molecule has 140 valence electrons. The highest BCUT2D eigenvalue weighted by Crippen LogP contribution is 2.38. The lowest BCUT2D eigenvalue weighted by Gasteiger charge is -2.36. The number of methoxy groups -OCH3 is 3. The molecule has 0 spiro atoms. The topological polar surface area (TPSA) is 34.2 Å². The molecule has 1 heterocycles. The van der Waals surface area contributed by atoms with Crippen LogP contribution in [0.4, 0.5) is 5.69 Å². The van der Waals surface area contributed by atoms with Gasteiger partial charge in [0.2, 0.25) is 5.75 Å². The number of piperazine rings is 1. The van der Waals surface area contributed by atoms with E-state index in [1.165, 1.54) is 11.3 Å². The molecule has 3 rings (SSSR count). The molecule has 0 saturated carbocycles. The Labute approximate surface area is 156 Å². The van der Waals surface area contributed by atoms with Gasteiger partial charge in [0.15, 0.2) is 11.5 Å². The smallest absolute Gasteiger partial charge is 0.203 e. The standard InChI is InChI=1S/C21H28N2O3/c1-24-19-15-17(16-20(25-2)21(19)26-3)9-10-22-11-13-23(14-12-22)18-7-5-4-6-8-18/h4-8,15-16H,9-14H2,1-3H3. The second-order valence-electron chi connectivity index (χ2n) is 6.45. The molecule has 0 aromatic heterocycles. The number of rotatable bonds is 7. The van der Waals surface area contributed by atoms with Gasteiger partial charge in [-0.15, -0.1) is 0 Å². The van der Waals surface area contributed by atoms with Crippen LogP contribution in [-0.4, -0.2) is 59.0 Å². The second kappa shape index (κ2) is 8.81. The molecule has 0 bridgehead atoms. The predicted molar refractivity (Wildman–Crippen MR) is 105 cm³/mol. The average Bonchev–Trinajstić information content (AvgIpc) is 2.72. The fraction of sp³-hybridized carbons (Fsp3) is 0.429. The van der Waals surface area contributed by atoms with Gasteiger partial charge in [0.1, 0.15) is 0 Å². The van der Waals surface area contributed by atoms with Crippen LogP contribution in [0.1, 0.15) is 5.56 Å². The molecule has 5 heteroatoms. The first-order valence-electron chi connectivity index (χ1n) is 9.06. The van der Waals surface area contributed by atoms with Gasteiger partial charge in [-0.05, 0) is 36.2 Å². The van der Waals surface area contributed by atoms with Gasteiger partial charge in [-0.2, -0.15) is 0 Å². The van der Waals surface area contributed by atoms with Gasteiger partial charge in [0, 0.05) is 38.4 Å². The highest BCUT2D eigenvalue weighted by atomic mass is 16.5. The summed E-state index contributed by atoms with van der Waals surface area (Å²) in [6, 6.07) is 14.7. The van der Waals surface area contributed by atoms with Gasteiger partial charge in [-0.1, -0.05) is 18.2 Å². The summed E-state index contributed by atoms with van der Waals surface area (Å²) in [5.41, 5.74) is 2.52. The summed E-state index contributed by atoms with van der Waals surface area (Å²) in [5, 5.41) is 0. The van der Waals surface area contributed by atoms with Crippen molar-refractivity contribution in [2.75, 3.05) is 59.0 Å². The lowest BCUT2D eigenvalue weighted by atomic mass is 10.1.